The van der Waals surface area contributed by atoms with E-state index in [0.29, 0.717) is 23.4 Å². The summed E-state index contributed by atoms with van der Waals surface area (Å²) in [5.41, 5.74) is 4.48. The molecule has 2 aromatic carbocycles. The second-order valence-electron chi connectivity index (χ2n) is 4.60. The number of nitrogens with one attached hydrogen (secondary N) is 1. The highest BCUT2D eigenvalue weighted by molar-refractivity contribution is 9.10. The predicted molar refractivity (Wildman–Crippen MR) is 84.1 cm³/mol. The van der Waals surface area contributed by atoms with Crippen LogP contribution in [0.15, 0.2) is 46.9 Å². The minimum Gasteiger partial charge on any atom is -0.271 e. The zero-order valence-electron chi connectivity index (χ0n) is 10.7. The molecule has 1 unspecified atom stereocenters. The van der Waals surface area contributed by atoms with Crippen molar-refractivity contribution in [2.45, 2.75) is 18.9 Å². The van der Waals surface area contributed by atoms with Crippen LogP contribution in [0.25, 0.3) is 0 Å². The van der Waals surface area contributed by atoms with Crippen LogP contribution in [-0.2, 0) is 12.8 Å². The van der Waals surface area contributed by atoms with Crippen molar-refractivity contribution in [1.82, 2.24) is 5.43 Å². The zero-order chi connectivity index (χ0) is 14.5. The fourth-order valence-corrected chi connectivity index (χ4v) is 2.68. The highest BCUT2D eigenvalue weighted by Crippen LogP contribution is 2.20. The first kappa shape index (κ1) is 15.4. The Bertz CT molecular complexity index is 592. The lowest BCUT2D eigenvalue weighted by molar-refractivity contribution is 0.506. The quantitative estimate of drug-likeness (QED) is 0.630. The summed E-state index contributed by atoms with van der Waals surface area (Å²) in [7, 11) is 0. The van der Waals surface area contributed by atoms with Crippen LogP contribution < -0.4 is 11.3 Å². The Hall–Kier alpha value is -0.940. The van der Waals surface area contributed by atoms with Crippen molar-refractivity contribution in [3.63, 3.8) is 0 Å². The highest BCUT2D eigenvalue weighted by Gasteiger charge is 2.13. The second kappa shape index (κ2) is 7.18. The number of hydrogen-bond donors (Lipinski definition) is 2. The molecule has 0 aliphatic carbocycles. The third-order valence-corrected chi connectivity index (χ3v) is 4.15. The molecule has 0 fully saturated rings. The van der Waals surface area contributed by atoms with Crippen LogP contribution in [0.5, 0.6) is 0 Å². The van der Waals surface area contributed by atoms with E-state index in [1.165, 1.54) is 6.07 Å². The van der Waals surface area contributed by atoms with Gasteiger partial charge in [-0.3, -0.25) is 11.3 Å². The van der Waals surface area contributed by atoms with Gasteiger partial charge < -0.3 is 0 Å². The van der Waals surface area contributed by atoms with Crippen molar-refractivity contribution in [3.8, 4) is 0 Å². The number of rotatable bonds is 5. The van der Waals surface area contributed by atoms with Crippen LogP contribution >= 0.6 is 27.5 Å². The van der Waals surface area contributed by atoms with Gasteiger partial charge in [0.05, 0.1) is 0 Å². The van der Waals surface area contributed by atoms with Gasteiger partial charge in [0.2, 0.25) is 0 Å². The summed E-state index contributed by atoms with van der Waals surface area (Å²) in [6, 6.07) is 12.6. The summed E-state index contributed by atoms with van der Waals surface area (Å²) in [4.78, 5) is 0. The summed E-state index contributed by atoms with van der Waals surface area (Å²) in [6.07, 6.45) is 1.21. The Kier molecular flexibility index (Phi) is 5.54. The highest BCUT2D eigenvalue weighted by atomic mass is 79.9. The molecule has 3 N–H and O–H groups in total. The van der Waals surface area contributed by atoms with Gasteiger partial charge in [-0.2, -0.15) is 0 Å². The van der Waals surface area contributed by atoms with E-state index in [0.717, 1.165) is 10.0 Å². The maximum atomic E-state index is 13.8. The van der Waals surface area contributed by atoms with Gasteiger partial charge in [0.25, 0.3) is 0 Å². The third-order valence-electron chi connectivity index (χ3n) is 3.14. The third kappa shape index (κ3) is 4.03. The van der Waals surface area contributed by atoms with Gasteiger partial charge >= 0.3 is 0 Å². The van der Waals surface area contributed by atoms with Gasteiger partial charge in [-0.25, -0.2) is 4.39 Å². The molecule has 2 aromatic rings. The minimum absolute atomic E-state index is 0.0515. The molecule has 106 valence electrons. The Labute approximate surface area is 131 Å². The van der Waals surface area contributed by atoms with Crippen LogP contribution in [-0.4, -0.2) is 6.04 Å². The largest absolute Gasteiger partial charge is 0.271 e. The Balaban J connectivity index is 2.11. The zero-order valence-corrected chi connectivity index (χ0v) is 13.1. The minimum atomic E-state index is -0.301. The molecule has 5 heteroatoms. The summed E-state index contributed by atoms with van der Waals surface area (Å²) >= 11 is 9.25. The Morgan fingerprint density at radius 2 is 1.85 bits per heavy atom. The fourth-order valence-electron chi connectivity index (χ4n) is 2.07. The summed E-state index contributed by atoms with van der Waals surface area (Å²) in [5, 5.41) is 0.398. The lowest BCUT2D eigenvalue weighted by Gasteiger charge is -2.17. The molecular weight excluding hydrogens is 343 g/mol. The first-order chi connectivity index (χ1) is 9.60. The van der Waals surface area contributed by atoms with Gasteiger partial charge in [0.15, 0.2) is 0 Å². The molecule has 0 aromatic heterocycles. The molecule has 2 rings (SSSR count). The number of benzene rings is 2. The van der Waals surface area contributed by atoms with Crippen molar-refractivity contribution in [2.75, 3.05) is 0 Å². The van der Waals surface area contributed by atoms with E-state index in [1.807, 2.05) is 24.3 Å². The normalized spacial score (nSPS) is 12.4. The molecule has 0 saturated carbocycles. The maximum Gasteiger partial charge on any atom is 0.127 e. The second-order valence-corrected chi connectivity index (χ2v) is 5.89. The van der Waals surface area contributed by atoms with E-state index in [-0.39, 0.29) is 11.9 Å². The maximum absolute atomic E-state index is 13.8. The number of hydrogen-bond acceptors (Lipinski definition) is 2. The van der Waals surface area contributed by atoms with Crippen molar-refractivity contribution in [1.29, 1.82) is 0 Å². The summed E-state index contributed by atoms with van der Waals surface area (Å²) < 4.78 is 14.8. The van der Waals surface area contributed by atoms with E-state index in [9.17, 15) is 4.39 Å². The van der Waals surface area contributed by atoms with Gasteiger partial charge in [0, 0.05) is 15.5 Å². The molecule has 0 radical (unpaired) electrons. The van der Waals surface area contributed by atoms with Gasteiger partial charge in [-0.1, -0.05) is 51.8 Å². The molecule has 0 aliphatic rings. The van der Waals surface area contributed by atoms with E-state index >= 15 is 0 Å². The number of nitrogens with two attached hydrogens (primary N) is 1. The molecule has 20 heavy (non-hydrogen) atoms. The van der Waals surface area contributed by atoms with E-state index < -0.39 is 0 Å². The van der Waals surface area contributed by atoms with E-state index in [4.69, 9.17) is 17.4 Å². The van der Waals surface area contributed by atoms with Gasteiger partial charge in [0.1, 0.15) is 5.82 Å². The molecule has 2 nitrogen and oxygen atoms in total. The van der Waals surface area contributed by atoms with Crippen molar-refractivity contribution >= 4 is 27.5 Å². The lowest BCUT2D eigenvalue weighted by atomic mass is 9.99. The van der Waals surface area contributed by atoms with E-state index in [2.05, 4.69) is 21.4 Å². The first-order valence-corrected chi connectivity index (χ1v) is 7.40. The number of hydrazine groups is 1. The smallest absolute Gasteiger partial charge is 0.127 e. The van der Waals surface area contributed by atoms with Crippen LogP contribution in [0, 0.1) is 5.82 Å². The van der Waals surface area contributed by atoms with Crippen molar-refractivity contribution in [2.24, 2.45) is 5.84 Å². The van der Waals surface area contributed by atoms with Crippen LogP contribution in [0.4, 0.5) is 4.39 Å². The standard InChI is InChI=1S/C15H15BrClFN2/c16-14-4-2-1-3-10(14)7-13(20-19)8-11-5-6-12(17)9-15(11)18/h1-6,9,13,20H,7-8,19H2. The van der Waals surface area contributed by atoms with Crippen molar-refractivity contribution < 1.29 is 4.39 Å². The lowest BCUT2D eigenvalue weighted by Crippen LogP contribution is -2.38. The van der Waals surface area contributed by atoms with Crippen LogP contribution in [0.1, 0.15) is 11.1 Å². The van der Waals surface area contributed by atoms with Crippen molar-refractivity contribution in [3.05, 3.63) is 68.9 Å². The number of halogens is 3. The molecule has 1 atom stereocenters. The fraction of sp³-hybridized carbons (Fsp3) is 0.200. The predicted octanol–water partition coefficient (Wildman–Crippen LogP) is 3.86. The van der Waals surface area contributed by atoms with Crippen LogP contribution in [0.2, 0.25) is 5.02 Å². The van der Waals surface area contributed by atoms with E-state index in [1.54, 1.807) is 12.1 Å². The molecule has 0 aliphatic heterocycles. The summed E-state index contributed by atoms with van der Waals surface area (Å²) in [6.45, 7) is 0. The van der Waals surface area contributed by atoms with Gasteiger partial charge in [-0.05, 0) is 42.2 Å². The Morgan fingerprint density at radius 1 is 1.15 bits per heavy atom. The molecule has 0 amide bonds. The summed E-state index contributed by atoms with van der Waals surface area (Å²) in [5.74, 6) is 5.28. The Morgan fingerprint density at radius 3 is 2.50 bits per heavy atom. The molecular formula is C15H15BrClFN2. The van der Waals surface area contributed by atoms with Crippen LogP contribution in [0.3, 0.4) is 0 Å². The SMILES string of the molecule is NNC(Cc1ccc(Cl)cc1F)Cc1ccccc1Br. The topological polar surface area (TPSA) is 38.0 Å². The molecule has 0 spiro atoms. The molecule has 0 heterocycles. The molecule has 0 bridgehead atoms. The van der Waals surface area contributed by atoms with Gasteiger partial charge in [-0.15, -0.1) is 0 Å². The average Bonchev–Trinajstić information content (AvgIpc) is 2.43. The first-order valence-electron chi connectivity index (χ1n) is 6.23. The average molecular weight is 358 g/mol. The molecule has 0 saturated heterocycles. The monoisotopic (exact) mass is 356 g/mol.